The van der Waals surface area contributed by atoms with Gasteiger partial charge in [0.25, 0.3) is 0 Å². The number of anilines is 2. The Labute approximate surface area is 113 Å². The third kappa shape index (κ3) is 2.07. The Hall–Kier alpha value is -1.59. The first kappa shape index (κ1) is 11.5. The SMILES string of the molecule is Cc1nn(C)cc1Nc1nc2cc(Cl)ccc2s1. The van der Waals surface area contributed by atoms with Gasteiger partial charge in [0.15, 0.2) is 5.13 Å². The van der Waals surface area contributed by atoms with Crippen LogP contribution < -0.4 is 5.32 Å². The number of nitrogens with zero attached hydrogens (tertiary/aromatic N) is 3. The molecule has 92 valence electrons. The molecule has 3 aromatic rings. The summed E-state index contributed by atoms with van der Waals surface area (Å²) in [6, 6.07) is 5.73. The van der Waals surface area contributed by atoms with Crippen molar-refractivity contribution in [1.29, 1.82) is 0 Å². The second-order valence-electron chi connectivity index (χ2n) is 4.06. The second-order valence-corrected chi connectivity index (χ2v) is 5.53. The maximum atomic E-state index is 5.95. The number of benzene rings is 1. The van der Waals surface area contributed by atoms with E-state index in [2.05, 4.69) is 15.4 Å². The van der Waals surface area contributed by atoms with Gasteiger partial charge in [0.05, 0.1) is 21.6 Å². The van der Waals surface area contributed by atoms with E-state index in [4.69, 9.17) is 11.6 Å². The molecule has 0 fully saturated rings. The molecule has 1 N–H and O–H groups in total. The van der Waals surface area contributed by atoms with Gasteiger partial charge in [-0.15, -0.1) is 0 Å². The van der Waals surface area contributed by atoms with E-state index in [1.807, 2.05) is 38.4 Å². The van der Waals surface area contributed by atoms with E-state index in [1.165, 1.54) is 0 Å². The first-order valence-electron chi connectivity index (χ1n) is 5.45. The summed E-state index contributed by atoms with van der Waals surface area (Å²) in [6.45, 7) is 1.96. The molecule has 0 aliphatic carbocycles. The van der Waals surface area contributed by atoms with Gasteiger partial charge in [-0.1, -0.05) is 22.9 Å². The van der Waals surface area contributed by atoms with E-state index in [0.29, 0.717) is 5.02 Å². The molecule has 4 nitrogen and oxygen atoms in total. The first-order valence-corrected chi connectivity index (χ1v) is 6.64. The lowest BCUT2D eigenvalue weighted by Gasteiger charge is -1.97. The van der Waals surface area contributed by atoms with E-state index in [0.717, 1.165) is 26.7 Å². The van der Waals surface area contributed by atoms with E-state index >= 15 is 0 Å². The third-order valence-electron chi connectivity index (χ3n) is 2.60. The monoisotopic (exact) mass is 278 g/mol. The molecule has 0 atom stereocenters. The van der Waals surface area contributed by atoms with Gasteiger partial charge >= 0.3 is 0 Å². The van der Waals surface area contributed by atoms with E-state index in [9.17, 15) is 0 Å². The average molecular weight is 279 g/mol. The molecule has 0 aliphatic heterocycles. The summed E-state index contributed by atoms with van der Waals surface area (Å²) in [5.41, 5.74) is 2.84. The van der Waals surface area contributed by atoms with Gasteiger partial charge in [-0.05, 0) is 25.1 Å². The summed E-state index contributed by atoms with van der Waals surface area (Å²) in [7, 11) is 1.90. The largest absolute Gasteiger partial charge is 0.329 e. The molecule has 0 saturated heterocycles. The fraction of sp³-hybridized carbons (Fsp3) is 0.167. The van der Waals surface area contributed by atoms with Crippen molar-refractivity contribution < 1.29 is 0 Å². The summed E-state index contributed by atoms with van der Waals surface area (Å²) in [5, 5.41) is 9.12. The maximum Gasteiger partial charge on any atom is 0.188 e. The highest BCUT2D eigenvalue weighted by Gasteiger charge is 2.07. The molecule has 0 radical (unpaired) electrons. The van der Waals surface area contributed by atoms with Crippen molar-refractivity contribution in [1.82, 2.24) is 14.8 Å². The minimum Gasteiger partial charge on any atom is -0.329 e. The van der Waals surface area contributed by atoms with Crippen LogP contribution in [-0.2, 0) is 7.05 Å². The van der Waals surface area contributed by atoms with Gasteiger partial charge in [0.1, 0.15) is 0 Å². The van der Waals surface area contributed by atoms with Gasteiger partial charge < -0.3 is 5.32 Å². The molecule has 3 rings (SSSR count). The highest BCUT2D eigenvalue weighted by Crippen LogP contribution is 2.30. The van der Waals surface area contributed by atoms with E-state index in [-0.39, 0.29) is 0 Å². The average Bonchev–Trinajstić information content (AvgIpc) is 2.82. The lowest BCUT2D eigenvalue weighted by molar-refractivity contribution is 0.756. The van der Waals surface area contributed by atoms with Crippen LogP contribution in [0.25, 0.3) is 10.2 Å². The van der Waals surface area contributed by atoms with Crippen molar-refractivity contribution >= 4 is 44.0 Å². The number of thiazole rings is 1. The number of nitrogens with one attached hydrogen (secondary N) is 1. The molecule has 6 heteroatoms. The standard InChI is InChI=1S/C12H11ClN4S/c1-7-10(6-17(2)16-7)15-12-14-9-5-8(13)3-4-11(9)18-12/h3-6H,1-2H3,(H,14,15). The highest BCUT2D eigenvalue weighted by molar-refractivity contribution is 7.22. The van der Waals surface area contributed by atoms with Crippen LogP contribution in [0.15, 0.2) is 24.4 Å². The van der Waals surface area contributed by atoms with Crippen LogP contribution in [-0.4, -0.2) is 14.8 Å². The molecule has 0 spiro atoms. The highest BCUT2D eigenvalue weighted by atomic mass is 35.5. The fourth-order valence-corrected chi connectivity index (χ4v) is 2.82. The number of aryl methyl sites for hydroxylation is 2. The molecule has 2 aromatic heterocycles. The summed E-state index contributed by atoms with van der Waals surface area (Å²) < 4.78 is 2.89. The van der Waals surface area contributed by atoms with Crippen molar-refractivity contribution in [2.45, 2.75) is 6.92 Å². The molecule has 0 amide bonds. The van der Waals surface area contributed by atoms with Crippen molar-refractivity contribution in [2.75, 3.05) is 5.32 Å². The Morgan fingerprint density at radius 1 is 1.39 bits per heavy atom. The number of hydrogen-bond acceptors (Lipinski definition) is 4. The second kappa shape index (κ2) is 4.26. The minimum atomic E-state index is 0.705. The molecule has 0 bridgehead atoms. The normalized spacial score (nSPS) is 11.1. The Bertz CT molecular complexity index is 716. The first-order chi connectivity index (χ1) is 8.61. The lowest BCUT2D eigenvalue weighted by atomic mass is 10.3. The minimum absolute atomic E-state index is 0.705. The third-order valence-corrected chi connectivity index (χ3v) is 3.79. The van der Waals surface area contributed by atoms with Crippen LogP contribution in [0.2, 0.25) is 5.02 Å². The molecule has 0 unspecified atom stereocenters. The Kier molecular flexibility index (Phi) is 2.72. The van der Waals surface area contributed by atoms with Crippen molar-refractivity contribution in [3.63, 3.8) is 0 Å². The van der Waals surface area contributed by atoms with Crippen LogP contribution in [0.4, 0.5) is 10.8 Å². The smallest absolute Gasteiger partial charge is 0.188 e. The maximum absolute atomic E-state index is 5.95. The van der Waals surface area contributed by atoms with Gasteiger partial charge in [0, 0.05) is 18.3 Å². The zero-order chi connectivity index (χ0) is 12.7. The number of halogens is 1. The molecule has 2 heterocycles. The van der Waals surface area contributed by atoms with Crippen molar-refractivity contribution in [3.8, 4) is 0 Å². The van der Waals surface area contributed by atoms with Crippen molar-refractivity contribution in [3.05, 3.63) is 35.1 Å². The van der Waals surface area contributed by atoms with Gasteiger partial charge in [-0.25, -0.2) is 4.98 Å². The molecular weight excluding hydrogens is 268 g/mol. The van der Waals surface area contributed by atoms with E-state index in [1.54, 1.807) is 16.0 Å². The number of fused-ring (bicyclic) bond motifs is 1. The summed E-state index contributed by atoms with van der Waals surface area (Å²) in [6.07, 6.45) is 1.94. The molecule has 18 heavy (non-hydrogen) atoms. The molecule has 1 aromatic carbocycles. The number of hydrogen-bond donors (Lipinski definition) is 1. The fourth-order valence-electron chi connectivity index (χ4n) is 1.79. The zero-order valence-electron chi connectivity index (χ0n) is 9.94. The number of rotatable bonds is 2. The Morgan fingerprint density at radius 2 is 2.22 bits per heavy atom. The Morgan fingerprint density at radius 3 is 2.94 bits per heavy atom. The molecular formula is C12H11ClN4S. The van der Waals surface area contributed by atoms with E-state index < -0.39 is 0 Å². The van der Waals surface area contributed by atoms with Gasteiger partial charge in [-0.3, -0.25) is 4.68 Å². The summed E-state index contributed by atoms with van der Waals surface area (Å²) in [4.78, 5) is 4.51. The van der Waals surface area contributed by atoms with Gasteiger partial charge in [-0.2, -0.15) is 5.10 Å². The van der Waals surface area contributed by atoms with Crippen LogP contribution in [0.1, 0.15) is 5.69 Å². The predicted octanol–water partition coefficient (Wildman–Crippen LogP) is 3.74. The summed E-state index contributed by atoms with van der Waals surface area (Å²) >= 11 is 7.55. The van der Waals surface area contributed by atoms with Crippen LogP contribution in [0.3, 0.4) is 0 Å². The van der Waals surface area contributed by atoms with Crippen LogP contribution in [0.5, 0.6) is 0 Å². The molecule has 0 saturated carbocycles. The molecule has 0 aliphatic rings. The van der Waals surface area contributed by atoms with Gasteiger partial charge in [0.2, 0.25) is 0 Å². The van der Waals surface area contributed by atoms with Crippen LogP contribution >= 0.6 is 22.9 Å². The quantitative estimate of drug-likeness (QED) is 0.777. The summed E-state index contributed by atoms with van der Waals surface area (Å²) in [5.74, 6) is 0. The van der Waals surface area contributed by atoms with Crippen LogP contribution in [0, 0.1) is 6.92 Å². The lowest BCUT2D eigenvalue weighted by Crippen LogP contribution is -1.89. The topological polar surface area (TPSA) is 42.7 Å². The Balaban J connectivity index is 1.97. The zero-order valence-corrected chi connectivity index (χ0v) is 11.5. The predicted molar refractivity (Wildman–Crippen MR) is 75.9 cm³/mol. The van der Waals surface area contributed by atoms with Crippen molar-refractivity contribution in [2.24, 2.45) is 7.05 Å². The number of aromatic nitrogens is 3.